The second-order valence-corrected chi connectivity index (χ2v) is 7.49. The Morgan fingerprint density at radius 2 is 2.15 bits per heavy atom. The van der Waals surface area contributed by atoms with Crippen LogP contribution >= 0.6 is 11.8 Å². The van der Waals surface area contributed by atoms with Crippen LogP contribution in [-0.4, -0.2) is 61.5 Å². The largest absolute Gasteiger partial charge is 0.496 e. The van der Waals surface area contributed by atoms with Gasteiger partial charge in [-0.1, -0.05) is 6.07 Å². The molecule has 1 atom stereocenters. The van der Waals surface area contributed by atoms with Crippen LogP contribution in [-0.2, 0) is 16.1 Å². The molecule has 1 unspecified atom stereocenters. The van der Waals surface area contributed by atoms with Gasteiger partial charge >= 0.3 is 0 Å². The van der Waals surface area contributed by atoms with Crippen molar-refractivity contribution in [1.82, 2.24) is 15.5 Å². The van der Waals surface area contributed by atoms with Gasteiger partial charge in [-0.15, -0.1) is 0 Å². The number of thioether (sulfide) groups is 1. The summed E-state index contributed by atoms with van der Waals surface area (Å²) in [6.45, 7) is 6.73. The van der Waals surface area contributed by atoms with Crippen molar-refractivity contribution in [2.24, 2.45) is 0 Å². The molecule has 7 heteroatoms. The lowest BCUT2D eigenvalue weighted by molar-refractivity contribution is -0.134. The third kappa shape index (κ3) is 5.14. The van der Waals surface area contributed by atoms with Crippen molar-refractivity contribution >= 4 is 23.6 Å². The number of piperazine rings is 1. The summed E-state index contributed by atoms with van der Waals surface area (Å²) >= 11 is 1.68. The zero-order valence-corrected chi connectivity index (χ0v) is 16.9. The van der Waals surface area contributed by atoms with E-state index in [-0.39, 0.29) is 18.2 Å². The minimum Gasteiger partial charge on any atom is -0.496 e. The molecule has 0 bridgehead atoms. The quantitative estimate of drug-likeness (QED) is 0.670. The average Bonchev–Trinajstić information content (AvgIpc) is 2.62. The van der Waals surface area contributed by atoms with Crippen LogP contribution in [0.2, 0.25) is 0 Å². The topological polar surface area (TPSA) is 70.7 Å². The number of hydrogen-bond acceptors (Lipinski definition) is 5. The van der Waals surface area contributed by atoms with E-state index in [9.17, 15) is 9.59 Å². The number of benzene rings is 1. The van der Waals surface area contributed by atoms with Gasteiger partial charge in [0.1, 0.15) is 5.75 Å². The van der Waals surface area contributed by atoms with Crippen LogP contribution in [0.15, 0.2) is 12.1 Å². The number of methoxy groups -OCH3 is 1. The molecular formula is C19H29N3O3S. The maximum Gasteiger partial charge on any atom is 0.237 e. The summed E-state index contributed by atoms with van der Waals surface area (Å²) in [5, 5.41) is 5.77. The molecular weight excluding hydrogens is 350 g/mol. The van der Waals surface area contributed by atoms with E-state index >= 15 is 0 Å². The normalized spacial score (nSPS) is 17.7. The van der Waals surface area contributed by atoms with Gasteiger partial charge in [-0.25, -0.2) is 0 Å². The van der Waals surface area contributed by atoms with E-state index in [4.69, 9.17) is 4.74 Å². The van der Waals surface area contributed by atoms with E-state index in [0.29, 0.717) is 19.6 Å². The number of nitrogens with zero attached hydrogens (tertiary/aromatic N) is 1. The van der Waals surface area contributed by atoms with Gasteiger partial charge in [-0.2, -0.15) is 11.8 Å². The van der Waals surface area contributed by atoms with E-state index in [1.54, 1.807) is 18.9 Å². The highest BCUT2D eigenvalue weighted by molar-refractivity contribution is 7.98. The van der Waals surface area contributed by atoms with E-state index in [0.717, 1.165) is 29.2 Å². The Hall–Kier alpha value is -1.73. The lowest BCUT2D eigenvalue weighted by atomic mass is 10.00. The van der Waals surface area contributed by atoms with E-state index < -0.39 is 6.04 Å². The Bertz CT molecular complexity index is 651. The van der Waals surface area contributed by atoms with Crippen molar-refractivity contribution in [2.45, 2.75) is 32.9 Å². The Morgan fingerprint density at radius 3 is 2.85 bits per heavy atom. The number of nitrogens with one attached hydrogen (secondary N) is 2. The molecule has 0 spiro atoms. The van der Waals surface area contributed by atoms with Gasteiger partial charge in [-0.05, 0) is 42.9 Å². The van der Waals surface area contributed by atoms with Crippen molar-refractivity contribution < 1.29 is 14.3 Å². The van der Waals surface area contributed by atoms with Crippen LogP contribution in [0.1, 0.15) is 23.1 Å². The highest BCUT2D eigenvalue weighted by atomic mass is 32.2. The first kappa shape index (κ1) is 20.6. The fourth-order valence-corrected chi connectivity index (χ4v) is 3.48. The van der Waals surface area contributed by atoms with Crippen LogP contribution in [0.3, 0.4) is 0 Å². The van der Waals surface area contributed by atoms with Crippen molar-refractivity contribution in [1.29, 1.82) is 0 Å². The fourth-order valence-electron chi connectivity index (χ4n) is 3.18. The zero-order chi connectivity index (χ0) is 19.1. The molecule has 0 aromatic heterocycles. The third-order valence-electron chi connectivity index (χ3n) is 4.89. The molecule has 1 heterocycles. The summed E-state index contributed by atoms with van der Waals surface area (Å²) in [5.74, 6) is 1.59. The van der Waals surface area contributed by atoms with Crippen molar-refractivity contribution in [3.63, 3.8) is 0 Å². The van der Waals surface area contributed by atoms with Crippen LogP contribution < -0.4 is 15.4 Å². The summed E-state index contributed by atoms with van der Waals surface area (Å²) in [7, 11) is 1.67. The van der Waals surface area contributed by atoms with Gasteiger partial charge in [0.05, 0.1) is 19.6 Å². The lowest BCUT2D eigenvalue weighted by Gasteiger charge is -2.35. The maximum atomic E-state index is 12.4. The summed E-state index contributed by atoms with van der Waals surface area (Å²) in [4.78, 5) is 26.6. The van der Waals surface area contributed by atoms with Crippen LogP contribution in [0, 0.1) is 13.8 Å². The van der Waals surface area contributed by atoms with Crippen LogP contribution in [0.25, 0.3) is 0 Å². The SMILES string of the molecule is COc1ccc(CN2CCNC(=O)C2CC(=O)NCCSC)c(C)c1C. The highest BCUT2D eigenvalue weighted by Gasteiger charge is 2.31. The van der Waals surface area contributed by atoms with Crippen molar-refractivity contribution in [3.8, 4) is 5.75 Å². The van der Waals surface area contributed by atoms with Gasteiger partial charge in [0.2, 0.25) is 11.8 Å². The van der Waals surface area contributed by atoms with Gasteiger partial charge in [0.25, 0.3) is 0 Å². The summed E-state index contributed by atoms with van der Waals surface area (Å²) in [6, 6.07) is 3.58. The Morgan fingerprint density at radius 1 is 1.38 bits per heavy atom. The second-order valence-electron chi connectivity index (χ2n) is 6.50. The first-order valence-corrected chi connectivity index (χ1v) is 10.3. The smallest absolute Gasteiger partial charge is 0.237 e. The standard InChI is InChI=1S/C19H29N3O3S/c1-13-14(2)17(25-3)6-5-15(13)12-22-9-7-21-19(24)16(22)11-18(23)20-8-10-26-4/h5-6,16H,7-12H2,1-4H3,(H,20,23)(H,21,24). The molecule has 2 amide bonds. The molecule has 1 fully saturated rings. The van der Waals surface area contributed by atoms with E-state index in [2.05, 4.69) is 22.5 Å². The first-order chi connectivity index (χ1) is 12.5. The summed E-state index contributed by atoms with van der Waals surface area (Å²) in [5.41, 5.74) is 3.43. The molecule has 1 aliphatic heterocycles. The predicted octanol–water partition coefficient (Wildman–Crippen LogP) is 1.48. The minimum atomic E-state index is -0.431. The Labute approximate surface area is 160 Å². The maximum absolute atomic E-state index is 12.4. The number of ether oxygens (including phenoxy) is 1. The molecule has 2 N–H and O–H groups in total. The summed E-state index contributed by atoms with van der Waals surface area (Å²) < 4.78 is 5.38. The van der Waals surface area contributed by atoms with E-state index in [1.165, 1.54) is 5.56 Å². The molecule has 1 aliphatic rings. The molecule has 1 aromatic carbocycles. The van der Waals surface area contributed by atoms with Crippen molar-refractivity contribution in [3.05, 3.63) is 28.8 Å². The van der Waals surface area contributed by atoms with Gasteiger partial charge < -0.3 is 15.4 Å². The van der Waals surface area contributed by atoms with Crippen LogP contribution in [0.4, 0.5) is 0 Å². The molecule has 0 radical (unpaired) electrons. The number of carbonyl (C=O) groups is 2. The fraction of sp³-hybridized carbons (Fsp3) is 0.579. The molecule has 0 saturated carbocycles. The second kappa shape index (κ2) is 9.83. The number of amides is 2. The first-order valence-electron chi connectivity index (χ1n) is 8.88. The zero-order valence-electron chi connectivity index (χ0n) is 16.1. The average molecular weight is 380 g/mol. The highest BCUT2D eigenvalue weighted by Crippen LogP contribution is 2.25. The predicted molar refractivity (Wildman–Crippen MR) is 106 cm³/mol. The molecule has 26 heavy (non-hydrogen) atoms. The number of hydrogen-bond donors (Lipinski definition) is 2. The van der Waals surface area contributed by atoms with E-state index in [1.807, 2.05) is 25.3 Å². The molecule has 6 nitrogen and oxygen atoms in total. The van der Waals surface area contributed by atoms with Gasteiger partial charge in [0.15, 0.2) is 0 Å². The summed E-state index contributed by atoms with van der Waals surface area (Å²) in [6.07, 6.45) is 2.19. The molecule has 0 aliphatic carbocycles. The molecule has 2 rings (SSSR count). The molecule has 144 valence electrons. The lowest BCUT2D eigenvalue weighted by Crippen LogP contribution is -2.56. The number of rotatable bonds is 8. The molecule has 1 saturated heterocycles. The minimum absolute atomic E-state index is 0.0702. The molecule has 1 aromatic rings. The van der Waals surface area contributed by atoms with Gasteiger partial charge in [0, 0.05) is 31.9 Å². The Balaban J connectivity index is 2.09. The third-order valence-corrected chi connectivity index (χ3v) is 5.50. The monoisotopic (exact) mass is 379 g/mol. The van der Waals surface area contributed by atoms with Crippen molar-refractivity contribution in [2.75, 3.05) is 38.8 Å². The van der Waals surface area contributed by atoms with Crippen LogP contribution in [0.5, 0.6) is 5.75 Å². The number of carbonyl (C=O) groups excluding carboxylic acids is 2. The Kier molecular flexibility index (Phi) is 7.78. The van der Waals surface area contributed by atoms with Gasteiger partial charge in [-0.3, -0.25) is 14.5 Å².